The molecule has 2 rings (SSSR count). The molecule has 0 saturated carbocycles. The molecule has 4 heteroatoms. The Kier molecular flexibility index (Phi) is 7.83. The largest absolute Gasteiger partial charge is 0.494 e. The minimum atomic E-state index is -0.329. The van der Waals surface area contributed by atoms with Gasteiger partial charge in [0.25, 0.3) is 0 Å². The Bertz CT molecular complexity index is 638. The molecule has 0 unspecified atom stereocenters. The van der Waals surface area contributed by atoms with Crippen LogP contribution in [0.1, 0.15) is 48.5 Å². The molecule has 0 amide bonds. The molecule has 0 radical (unpaired) electrons. The first-order valence-electron chi connectivity index (χ1n) is 8.33. The molecule has 0 atom stereocenters. The van der Waals surface area contributed by atoms with Gasteiger partial charge in [0.1, 0.15) is 12.4 Å². The van der Waals surface area contributed by atoms with E-state index >= 15 is 0 Å². The molecule has 0 aliphatic carbocycles. The van der Waals surface area contributed by atoms with Crippen LogP contribution in [0.5, 0.6) is 5.75 Å². The molecule has 24 heavy (non-hydrogen) atoms. The van der Waals surface area contributed by atoms with Crippen LogP contribution in [0.4, 0.5) is 0 Å². The van der Waals surface area contributed by atoms with Gasteiger partial charge in [-0.2, -0.15) is 0 Å². The van der Waals surface area contributed by atoms with Crippen LogP contribution in [0.15, 0.2) is 53.0 Å². The maximum atomic E-state index is 12.1. The Labute approximate surface area is 152 Å². The molecule has 2 aromatic carbocycles. The molecule has 0 bridgehead atoms. The third-order valence-corrected chi connectivity index (χ3v) is 4.11. The van der Waals surface area contributed by atoms with Crippen molar-refractivity contribution in [3.05, 3.63) is 64.1 Å². The highest BCUT2D eigenvalue weighted by Gasteiger charge is 2.08. The van der Waals surface area contributed by atoms with E-state index in [0.29, 0.717) is 12.2 Å². The van der Waals surface area contributed by atoms with Gasteiger partial charge in [0.05, 0.1) is 12.2 Å². The molecule has 0 saturated heterocycles. The number of hydrogen-bond acceptors (Lipinski definition) is 3. The molecule has 2 aromatic rings. The molecule has 0 aromatic heterocycles. The van der Waals surface area contributed by atoms with Crippen molar-refractivity contribution in [2.24, 2.45) is 0 Å². The van der Waals surface area contributed by atoms with Gasteiger partial charge in [0.15, 0.2) is 0 Å². The molecular weight excluding hydrogens is 368 g/mol. The number of carbonyl (C=O) groups is 1. The minimum Gasteiger partial charge on any atom is -0.494 e. The van der Waals surface area contributed by atoms with E-state index in [1.807, 2.05) is 36.4 Å². The van der Waals surface area contributed by atoms with Gasteiger partial charge in [-0.15, -0.1) is 0 Å². The molecule has 128 valence electrons. The van der Waals surface area contributed by atoms with Crippen LogP contribution in [0.3, 0.4) is 0 Å². The van der Waals surface area contributed by atoms with Crippen molar-refractivity contribution < 1.29 is 14.3 Å². The summed E-state index contributed by atoms with van der Waals surface area (Å²) in [5, 5.41) is 0. The standard InChI is InChI=1S/C20H23BrO3/c1-2-3-4-5-13-23-19-11-9-17(10-12-19)20(22)24-15-16-7-6-8-18(21)14-16/h6-12,14H,2-5,13,15H2,1H3. The monoisotopic (exact) mass is 390 g/mol. The fourth-order valence-electron chi connectivity index (χ4n) is 2.27. The van der Waals surface area contributed by atoms with E-state index in [1.54, 1.807) is 12.1 Å². The van der Waals surface area contributed by atoms with Crippen molar-refractivity contribution >= 4 is 21.9 Å². The molecule has 0 aliphatic rings. The van der Waals surface area contributed by atoms with E-state index in [1.165, 1.54) is 19.3 Å². The highest BCUT2D eigenvalue weighted by atomic mass is 79.9. The van der Waals surface area contributed by atoms with E-state index in [4.69, 9.17) is 9.47 Å². The zero-order valence-electron chi connectivity index (χ0n) is 14.0. The normalized spacial score (nSPS) is 10.4. The second-order valence-corrected chi connectivity index (χ2v) is 6.56. The molecule has 0 spiro atoms. The van der Waals surface area contributed by atoms with Gasteiger partial charge < -0.3 is 9.47 Å². The SMILES string of the molecule is CCCCCCOc1ccc(C(=O)OCc2cccc(Br)c2)cc1. The van der Waals surface area contributed by atoms with Crippen LogP contribution in [0.2, 0.25) is 0 Å². The summed E-state index contributed by atoms with van der Waals surface area (Å²) in [6.07, 6.45) is 4.71. The van der Waals surface area contributed by atoms with Crippen molar-refractivity contribution in [1.82, 2.24) is 0 Å². The third kappa shape index (κ3) is 6.36. The molecule has 0 fully saturated rings. The van der Waals surface area contributed by atoms with Crippen molar-refractivity contribution in [2.75, 3.05) is 6.61 Å². The fourth-order valence-corrected chi connectivity index (χ4v) is 2.71. The molecule has 0 N–H and O–H groups in total. The highest BCUT2D eigenvalue weighted by Crippen LogP contribution is 2.16. The highest BCUT2D eigenvalue weighted by molar-refractivity contribution is 9.10. The third-order valence-electron chi connectivity index (χ3n) is 3.62. The van der Waals surface area contributed by atoms with Gasteiger partial charge in [-0.25, -0.2) is 4.79 Å². The van der Waals surface area contributed by atoms with E-state index in [-0.39, 0.29) is 12.6 Å². The Morgan fingerprint density at radius 2 is 1.83 bits per heavy atom. The lowest BCUT2D eigenvalue weighted by molar-refractivity contribution is 0.0472. The van der Waals surface area contributed by atoms with Crippen LogP contribution in [0, 0.1) is 0 Å². The lowest BCUT2D eigenvalue weighted by atomic mass is 10.2. The first kappa shape index (κ1) is 18.5. The number of ether oxygens (including phenoxy) is 2. The lowest BCUT2D eigenvalue weighted by Gasteiger charge is -2.08. The van der Waals surface area contributed by atoms with Gasteiger partial charge in [0, 0.05) is 4.47 Å². The van der Waals surface area contributed by atoms with Crippen molar-refractivity contribution in [2.45, 2.75) is 39.2 Å². The van der Waals surface area contributed by atoms with Gasteiger partial charge in [-0.05, 0) is 48.4 Å². The second kappa shape index (κ2) is 10.1. The summed E-state index contributed by atoms with van der Waals surface area (Å²) in [7, 11) is 0. The summed E-state index contributed by atoms with van der Waals surface area (Å²) in [6, 6.07) is 14.8. The Morgan fingerprint density at radius 1 is 1.04 bits per heavy atom. The van der Waals surface area contributed by atoms with E-state index in [9.17, 15) is 4.79 Å². The molecule has 3 nitrogen and oxygen atoms in total. The molecule has 0 aliphatic heterocycles. The van der Waals surface area contributed by atoms with Gasteiger partial charge in [-0.1, -0.05) is 54.2 Å². The molecular formula is C20H23BrO3. The number of carbonyl (C=O) groups excluding carboxylic acids is 1. The number of esters is 1. The average Bonchev–Trinajstić information content (AvgIpc) is 2.60. The Balaban J connectivity index is 1.78. The van der Waals surface area contributed by atoms with Crippen molar-refractivity contribution in [1.29, 1.82) is 0 Å². The van der Waals surface area contributed by atoms with Gasteiger partial charge in [-0.3, -0.25) is 0 Å². The van der Waals surface area contributed by atoms with E-state index < -0.39 is 0 Å². The zero-order chi connectivity index (χ0) is 17.2. The summed E-state index contributed by atoms with van der Waals surface area (Å²) in [4.78, 5) is 12.1. The quantitative estimate of drug-likeness (QED) is 0.402. The van der Waals surface area contributed by atoms with Crippen molar-refractivity contribution in [3.63, 3.8) is 0 Å². The number of benzene rings is 2. The number of rotatable bonds is 9. The topological polar surface area (TPSA) is 35.5 Å². The first-order valence-corrected chi connectivity index (χ1v) is 9.13. The van der Waals surface area contributed by atoms with Crippen LogP contribution >= 0.6 is 15.9 Å². The predicted octanol–water partition coefficient (Wildman–Crippen LogP) is 5.77. The smallest absolute Gasteiger partial charge is 0.338 e. The predicted molar refractivity (Wildman–Crippen MR) is 99.3 cm³/mol. The van der Waals surface area contributed by atoms with Crippen LogP contribution in [0.25, 0.3) is 0 Å². The van der Waals surface area contributed by atoms with Gasteiger partial charge in [0.2, 0.25) is 0 Å². The lowest BCUT2D eigenvalue weighted by Crippen LogP contribution is -2.05. The second-order valence-electron chi connectivity index (χ2n) is 5.64. The zero-order valence-corrected chi connectivity index (χ0v) is 15.6. The summed E-state index contributed by atoms with van der Waals surface area (Å²) in [5.41, 5.74) is 1.48. The maximum absolute atomic E-state index is 12.1. The Hall–Kier alpha value is -1.81. The Morgan fingerprint density at radius 3 is 2.54 bits per heavy atom. The summed E-state index contributed by atoms with van der Waals surface area (Å²) >= 11 is 3.40. The number of hydrogen-bond donors (Lipinski definition) is 0. The van der Waals surface area contributed by atoms with Crippen LogP contribution < -0.4 is 4.74 Å². The van der Waals surface area contributed by atoms with Crippen LogP contribution in [-0.2, 0) is 11.3 Å². The molecule has 0 heterocycles. The van der Waals surface area contributed by atoms with Crippen molar-refractivity contribution in [3.8, 4) is 5.75 Å². The van der Waals surface area contributed by atoms with Gasteiger partial charge >= 0.3 is 5.97 Å². The summed E-state index contributed by atoms with van der Waals surface area (Å²) < 4.78 is 12.0. The minimum absolute atomic E-state index is 0.258. The number of halogens is 1. The number of unbranched alkanes of at least 4 members (excludes halogenated alkanes) is 3. The van der Waals surface area contributed by atoms with E-state index in [0.717, 1.165) is 22.2 Å². The average molecular weight is 391 g/mol. The maximum Gasteiger partial charge on any atom is 0.338 e. The van der Waals surface area contributed by atoms with Crippen LogP contribution in [-0.4, -0.2) is 12.6 Å². The first-order chi connectivity index (χ1) is 11.7. The van der Waals surface area contributed by atoms with E-state index in [2.05, 4.69) is 22.9 Å². The fraction of sp³-hybridized carbons (Fsp3) is 0.350. The summed E-state index contributed by atoms with van der Waals surface area (Å²) in [5.74, 6) is 0.458. The summed E-state index contributed by atoms with van der Waals surface area (Å²) in [6.45, 7) is 3.16.